The molecule has 30 heavy (non-hydrogen) atoms. The number of nitrogens with zero attached hydrogens (tertiary/aromatic N) is 1. The molecule has 1 aromatic heterocycles. The van der Waals surface area contributed by atoms with Crippen LogP contribution in [0, 0.1) is 13.8 Å². The van der Waals surface area contributed by atoms with Crippen molar-refractivity contribution >= 4 is 23.6 Å². The van der Waals surface area contributed by atoms with Crippen LogP contribution in [0.1, 0.15) is 65.7 Å². The third-order valence-electron chi connectivity index (χ3n) is 4.72. The molecule has 0 aliphatic rings. The Hall–Kier alpha value is -2.68. The lowest BCUT2D eigenvalue weighted by Crippen LogP contribution is -2.45. The van der Waals surface area contributed by atoms with Crippen LogP contribution in [0.25, 0.3) is 0 Å². The minimum absolute atomic E-state index is 0.0632. The Morgan fingerprint density at radius 2 is 1.67 bits per heavy atom. The smallest absolute Gasteiger partial charge is 0.355 e. The molecule has 0 radical (unpaired) electrons. The summed E-state index contributed by atoms with van der Waals surface area (Å²) in [6, 6.07) is -0.807. The predicted molar refractivity (Wildman–Crippen MR) is 109 cm³/mol. The molecule has 0 aliphatic heterocycles. The van der Waals surface area contributed by atoms with Crippen LogP contribution in [0.3, 0.4) is 0 Å². The molecular weight excluding hydrogens is 392 g/mol. The molecule has 9 heteroatoms. The average Bonchev–Trinajstić information content (AvgIpc) is 3.00. The van der Waals surface area contributed by atoms with Crippen molar-refractivity contribution in [3.8, 4) is 0 Å². The normalized spacial score (nSPS) is 11.7. The SMILES string of the molecule is CCOC(=O)CCC(=O)N(CCOC)C(C)C(=O)c1c(C)[nH]c(C(=O)OCC)c1C. The van der Waals surface area contributed by atoms with Gasteiger partial charge in [-0.05, 0) is 40.2 Å². The first kappa shape index (κ1) is 25.4. The maximum atomic E-state index is 13.2. The van der Waals surface area contributed by atoms with E-state index in [2.05, 4.69) is 4.98 Å². The molecule has 0 saturated heterocycles. The van der Waals surface area contributed by atoms with Gasteiger partial charge in [-0.3, -0.25) is 14.4 Å². The molecular formula is C21H32N2O7. The lowest BCUT2D eigenvalue weighted by atomic mass is 9.99. The summed E-state index contributed by atoms with van der Waals surface area (Å²) in [5.41, 5.74) is 1.58. The first-order valence-corrected chi connectivity index (χ1v) is 10.0. The van der Waals surface area contributed by atoms with E-state index in [1.807, 2.05) is 0 Å². The molecule has 1 atom stereocenters. The number of aryl methyl sites for hydroxylation is 1. The lowest BCUT2D eigenvalue weighted by molar-refractivity contribution is -0.146. The number of H-pyrrole nitrogens is 1. The summed E-state index contributed by atoms with van der Waals surface area (Å²) in [5, 5.41) is 0. The molecule has 1 amide bonds. The second kappa shape index (κ2) is 12.1. The van der Waals surface area contributed by atoms with Crippen molar-refractivity contribution in [3.05, 3.63) is 22.5 Å². The van der Waals surface area contributed by atoms with Crippen LogP contribution in [-0.2, 0) is 23.8 Å². The molecule has 9 nitrogen and oxygen atoms in total. The quantitative estimate of drug-likeness (QED) is 0.404. The van der Waals surface area contributed by atoms with E-state index in [-0.39, 0.29) is 56.6 Å². The highest BCUT2D eigenvalue weighted by Gasteiger charge is 2.31. The summed E-state index contributed by atoms with van der Waals surface area (Å²) >= 11 is 0. The topological polar surface area (TPSA) is 115 Å². The van der Waals surface area contributed by atoms with Crippen molar-refractivity contribution in [1.82, 2.24) is 9.88 Å². The Labute approximate surface area is 177 Å². The molecule has 168 valence electrons. The third-order valence-corrected chi connectivity index (χ3v) is 4.72. The van der Waals surface area contributed by atoms with Gasteiger partial charge in [0.2, 0.25) is 5.91 Å². The summed E-state index contributed by atoms with van der Waals surface area (Å²) in [4.78, 5) is 54.0. The summed E-state index contributed by atoms with van der Waals surface area (Å²) in [7, 11) is 1.50. The first-order valence-electron chi connectivity index (χ1n) is 10.0. The zero-order chi connectivity index (χ0) is 22.8. The van der Waals surface area contributed by atoms with E-state index in [9.17, 15) is 19.2 Å². The summed E-state index contributed by atoms with van der Waals surface area (Å²) in [6.45, 7) is 9.26. The number of ketones is 1. The fourth-order valence-electron chi connectivity index (χ4n) is 3.19. The molecule has 1 heterocycles. The van der Waals surface area contributed by atoms with Gasteiger partial charge in [-0.2, -0.15) is 0 Å². The summed E-state index contributed by atoms with van der Waals surface area (Å²) in [6.07, 6.45) is -0.133. The standard InChI is InChI=1S/C21H32N2O7/c1-7-29-17(25)10-9-16(24)23(11-12-28-6)15(5)20(26)18-13(3)19(22-14(18)4)21(27)30-8-2/h15,22H,7-12H2,1-6H3. The number of carbonyl (C=O) groups excluding carboxylic acids is 4. The van der Waals surface area contributed by atoms with Crippen molar-refractivity contribution in [2.75, 3.05) is 33.5 Å². The number of hydrogen-bond donors (Lipinski definition) is 1. The number of amides is 1. The molecule has 0 spiro atoms. The summed E-state index contributed by atoms with van der Waals surface area (Å²) < 4.78 is 14.9. The molecule has 1 N–H and O–H groups in total. The van der Waals surface area contributed by atoms with Gasteiger partial charge in [0.25, 0.3) is 0 Å². The number of nitrogens with one attached hydrogen (secondary N) is 1. The minimum Gasteiger partial charge on any atom is -0.466 e. The number of hydrogen-bond acceptors (Lipinski definition) is 7. The molecule has 0 bridgehead atoms. The first-order chi connectivity index (χ1) is 14.2. The van der Waals surface area contributed by atoms with E-state index >= 15 is 0 Å². The van der Waals surface area contributed by atoms with Crippen molar-refractivity contribution in [2.24, 2.45) is 0 Å². The number of aromatic nitrogens is 1. The maximum Gasteiger partial charge on any atom is 0.355 e. The molecule has 1 unspecified atom stereocenters. The molecule has 1 rings (SSSR count). The highest BCUT2D eigenvalue weighted by atomic mass is 16.5. The van der Waals surface area contributed by atoms with E-state index in [0.717, 1.165) is 0 Å². The van der Waals surface area contributed by atoms with Crippen molar-refractivity contribution in [2.45, 2.75) is 53.5 Å². The van der Waals surface area contributed by atoms with Gasteiger partial charge in [-0.15, -0.1) is 0 Å². The van der Waals surface area contributed by atoms with Gasteiger partial charge in [0.05, 0.1) is 32.3 Å². The van der Waals surface area contributed by atoms with Gasteiger partial charge in [-0.1, -0.05) is 0 Å². The van der Waals surface area contributed by atoms with Crippen LogP contribution in [0.4, 0.5) is 0 Å². The molecule has 0 aromatic carbocycles. The molecule has 0 aliphatic carbocycles. The average molecular weight is 424 g/mol. The van der Waals surface area contributed by atoms with Gasteiger partial charge >= 0.3 is 11.9 Å². The van der Waals surface area contributed by atoms with Crippen LogP contribution in [-0.4, -0.2) is 73.0 Å². The van der Waals surface area contributed by atoms with Crippen LogP contribution < -0.4 is 0 Å². The zero-order valence-electron chi connectivity index (χ0n) is 18.6. The van der Waals surface area contributed by atoms with Crippen molar-refractivity contribution in [1.29, 1.82) is 0 Å². The summed E-state index contributed by atoms with van der Waals surface area (Å²) in [5.74, 6) is -1.66. The lowest BCUT2D eigenvalue weighted by Gasteiger charge is -2.28. The fourth-order valence-corrected chi connectivity index (χ4v) is 3.19. The number of rotatable bonds is 12. The maximum absolute atomic E-state index is 13.2. The largest absolute Gasteiger partial charge is 0.466 e. The Morgan fingerprint density at radius 1 is 1.03 bits per heavy atom. The van der Waals surface area contributed by atoms with E-state index in [1.165, 1.54) is 12.0 Å². The Bertz CT molecular complexity index is 770. The number of methoxy groups -OCH3 is 1. The van der Waals surface area contributed by atoms with Crippen LogP contribution >= 0.6 is 0 Å². The van der Waals surface area contributed by atoms with Crippen LogP contribution in [0.2, 0.25) is 0 Å². The van der Waals surface area contributed by atoms with Gasteiger partial charge < -0.3 is 24.1 Å². The number of esters is 2. The molecule has 1 aromatic rings. The zero-order valence-corrected chi connectivity index (χ0v) is 18.6. The van der Waals surface area contributed by atoms with Gasteiger partial charge in [0.1, 0.15) is 5.69 Å². The number of carbonyl (C=O) groups is 4. The van der Waals surface area contributed by atoms with Crippen LogP contribution in [0.15, 0.2) is 0 Å². The van der Waals surface area contributed by atoms with E-state index in [4.69, 9.17) is 14.2 Å². The van der Waals surface area contributed by atoms with E-state index in [0.29, 0.717) is 16.8 Å². The number of aromatic amines is 1. The van der Waals surface area contributed by atoms with Gasteiger partial charge in [0, 0.05) is 31.3 Å². The van der Waals surface area contributed by atoms with Gasteiger partial charge in [0.15, 0.2) is 5.78 Å². The number of ether oxygens (including phenoxy) is 3. The third kappa shape index (κ3) is 6.41. The second-order valence-corrected chi connectivity index (χ2v) is 6.77. The molecule has 0 fully saturated rings. The Morgan fingerprint density at radius 3 is 2.23 bits per heavy atom. The highest BCUT2D eigenvalue weighted by molar-refractivity contribution is 6.06. The van der Waals surface area contributed by atoms with Gasteiger partial charge in [-0.25, -0.2) is 4.79 Å². The molecule has 0 saturated carbocycles. The van der Waals surface area contributed by atoms with Crippen molar-refractivity contribution < 1.29 is 33.4 Å². The van der Waals surface area contributed by atoms with E-state index in [1.54, 1.807) is 34.6 Å². The van der Waals surface area contributed by atoms with Crippen molar-refractivity contribution in [3.63, 3.8) is 0 Å². The second-order valence-electron chi connectivity index (χ2n) is 6.77. The fraction of sp³-hybridized carbons (Fsp3) is 0.619. The van der Waals surface area contributed by atoms with Crippen LogP contribution in [0.5, 0.6) is 0 Å². The number of Topliss-reactive ketones (excluding diaryl/α,β-unsaturated/α-hetero) is 1. The monoisotopic (exact) mass is 424 g/mol. The Kier molecular flexibility index (Phi) is 10.2. The Balaban J connectivity index is 3.08. The minimum atomic E-state index is -0.807. The predicted octanol–water partition coefficient (Wildman–Crippen LogP) is 2.20. The van der Waals surface area contributed by atoms with E-state index < -0.39 is 18.0 Å². The highest BCUT2D eigenvalue weighted by Crippen LogP contribution is 2.22.